The van der Waals surface area contributed by atoms with Gasteiger partial charge in [0.05, 0.1) is 11.9 Å². The summed E-state index contributed by atoms with van der Waals surface area (Å²) in [6.07, 6.45) is -3.12. The first kappa shape index (κ1) is 20.6. The lowest BCUT2D eigenvalue weighted by Crippen LogP contribution is -2.27. The van der Waals surface area contributed by atoms with E-state index in [1.54, 1.807) is 6.07 Å². The number of nitrogens with zero attached hydrogens (tertiary/aromatic N) is 2. The number of fused-ring (bicyclic) bond motifs is 3. The maximum absolute atomic E-state index is 12.8. The van der Waals surface area contributed by atoms with Gasteiger partial charge in [-0.25, -0.2) is 4.98 Å². The van der Waals surface area contributed by atoms with Gasteiger partial charge in [-0.15, -0.1) is 0 Å². The average Bonchev–Trinajstić information content (AvgIpc) is 3.10. The molecule has 4 rings (SSSR count). The number of furan rings is 1. The van der Waals surface area contributed by atoms with Crippen molar-refractivity contribution in [1.29, 1.82) is 0 Å². The van der Waals surface area contributed by atoms with Crippen LogP contribution in [0.5, 0.6) is 0 Å². The van der Waals surface area contributed by atoms with Crippen molar-refractivity contribution < 1.29 is 22.4 Å². The van der Waals surface area contributed by atoms with Crippen molar-refractivity contribution in [3.63, 3.8) is 0 Å². The van der Waals surface area contributed by atoms with Crippen LogP contribution in [0.25, 0.3) is 22.1 Å². The smallest absolute Gasteiger partial charge is 0.416 e. The summed E-state index contributed by atoms with van der Waals surface area (Å²) in [5.74, 6) is -0.398. The van der Waals surface area contributed by atoms with Gasteiger partial charge in [-0.1, -0.05) is 23.8 Å². The Labute approximate surface area is 174 Å². The molecule has 0 saturated carbocycles. The average molecular weight is 429 g/mol. The van der Waals surface area contributed by atoms with Gasteiger partial charge in [0.15, 0.2) is 0 Å². The van der Waals surface area contributed by atoms with E-state index in [2.05, 4.69) is 10.3 Å². The van der Waals surface area contributed by atoms with Crippen molar-refractivity contribution in [2.24, 2.45) is 0 Å². The summed E-state index contributed by atoms with van der Waals surface area (Å²) < 4.78 is 45.3. The Morgan fingerprint density at radius 3 is 2.77 bits per heavy atom. The first-order valence-electron chi connectivity index (χ1n) is 9.53. The molecule has 2 heterocycles. The Bertz CT molecular complexity index is 1340. The van der Waals surface area contributed by atoms with E-state index in [9.17, 15) is 22.8 Å². The molecule has 4 aromatic rings. The van der Waals surface area contributed by atoms with Gasteiger partial charge in [0.2, 0.25) is 11.5 Å². The van der Waals surface area contributed by atoms with Crippen LogP contribution in [-0.2, 0) is 24.1 Å². The molecule has 0 radical (unpaired) electrons. The molecule has 0 saturated heterocycles. The predicted octanol–water partition coefficient (Wildman–Crippen LogP) is 4.18. The van der Waals surface area contributed by atoms with Crippen LogP contribution in [0.4, 0.5) is 13.2 Å². The molecule has 0 spiro atoms. The molecule has 0 atom stereocenters. The number of benzene rings is 2. The first-order chi connectivity index (χ1) is 14.7. The monoisotopic (exact) mass is 429 g/mol. The number of hydrogen-bond acceptors (Lipinski definition) is 4. The van der Waals surface area contributed by atoms with Crippen molar-refractivity contribution in [2.75, 3.05) is 0 Å². The molecule has 0 aliphatic rings. The third-order valence-corrected chi connectivity index (χ3v) is 4.92. The van der Waals surface area contributed by atoms with E-state index in [1.807, 2.05) is 19.1 Å². The Morgan fingerprint density at radius 2 is 2.00 bits per heavy atom. The van der Waals surface area contributed by atoms with Crippen molar-refractivity contribution in [1.82, 2.24) is 14.9 Å². The molecule has 2 aromatic heterocycles. The minimum atomic E-state index is -4.44. The molecule has 160 valence electrons. The van der Waals surface area contributed by atoms with Crippen LogP contribution in [0.1, 0.15) is 23.1 Å². The third-order valence-electron chi connectivity index (χ3n) is 4.92. The van der Waals surface area contributed by atoms with Gasteiger partial charge in [0.1, 0.15) is 11.1 Å². The van der Waals surface area contributed by atoms with E-state index in [-0.39, 0.29) is 25.1 Å². The fourth-order valence-electron chi connectivity index (χ4n) is 3.31. The molecule has 0 bridgehead atoms. The van der Waals surface area contributed by atoms with Crippen LogP contribution < -0.4 is 10.9 Å². The minimum Gasteiger partial charge on any atom is -0.448 e. The second-order valence-electron chi connectivity index (χ2n) is 7.25. The van der Waals surface area contributed by atoms with Crippen LogP contribution in [0.2, 0.25) is 0 Å². The Kier molecular flexibility index (Phi) is 5.26. The molecule has 0 unspecified atom stereocenters. The van der Waals surface area contributed by atoms with Gasteiger partial charge in [-0.3, -0.25) is 14.2 Å². The Balaban J connectivity index is 1.43. The summed E-state index contributed by atoms with van der Waals surface area (Å²) in [4.78, 5) is 29.1. The zero-order valence-corrected chi connectivity index (χ0v) is 16.5. The molecular formula is C22H18F3N3O3. The predicted molar refractivity (Wildman–Crippen MR) is 108 cm³/mol. The van der Waals surface area contributed by atoms with Crippen LogP contribution in [-0.4, -0.2) is 15.5 Å². The van der Waals surface area contributed by atoms with E-state index < -0.39 is 23.2 Å². The topological polar surface area (TPSA) is 77.1 Å². The lowest BCUT2D eigenvalue weighted by atomic mass is 10.1. The standard InChI is InChI=1S/C22H18F3N3O3/c1-13-5-6-17-16(9-13)19-20(31-17)21(30)28(12-27-19)8-7-18(29)26-11-14-3-2-4-15(10-14)22(23,24)25/h2-6,9-10,12H,7-8,11H2,1H3,(H,26,29). The van der Waals surface area contributed by atoms with Crippen molar-refractivity contribution in [2.45, 2.75) is 32.6 Å². The van der Waals surface area contributed by atoms with E-state index in [0.29, 0.717) is 16.7 Å². The van der Waals surface area contributed by atoms with Crippen molar-refractivity contribution in [3.05, 3.63) is 75.8 Å². The van der Waals surface area contributed by atoms with Crippen molar-refractivity contribution >= 4 is 28.0 Å². The van der Waals surface area contributed by atoms with E-state index >= 15 is 0 Å². The van der Waals surface area contributed by atoms with Gasteiger partial charge in [0, 0.05) is 24.9 Å². The number of aromatic nitrogens is 2. The molecule has 31 heavy (non-hydrogen) atoms. The maximum atomic E-state index is 12.8. The fraction of sp³-hybridized carbons (Fsp3) is 0.227. The largest absolute Gasteiger partial charge is 0.448 e. The number of rotatable bonds is 5. The third kappa shape index (κ3) is 4.30. The highest BCUT2D eigenvalue weighted by atomic mass is 19.4. The number of alkyl halides is 3. The quantitative estimate of drug-likeness (QED) is 0.517. The normalized spacial score (nSPS) is 11.9. The maximum Gasteiger partial charge on any atom is 0.416 e. The van der Waals surface area contributed by atoms with E-state index in [0.717, 1.165) is 23.1 Å². The lowest BCUT2D eigenvalue weighted by Gasteiger charge is -2.10. The summed E-state index contributed by atoms with van der Waals surface area (Å²) >= 11 is 0. The molecule has 1 amide bonds. The highest BCUT2D eigenvalue weighted by molar-refractivity contribution is 6.02. The molecule has 6 nitrogen and oxygen atoms in total. The number of carbonyl (C=O) groups excluding carboxylic acids is 1. The lowest BCUT2D eigenvalue weighted by molar-refractivity contribution is -0.137. The second kappa shape index (κ2) is 7.90. The highest BCUT2D eigenvalue weighted by Gasteiger charge is 2.30. The Morgan fingerprint density at radius 1 is 1.19 bits per heavy atom. The summed E-state index contributed by atoms with van der Waals surface area (Å²) in [6.45, 7) is 1.95. The number of carbonyl (C=O) groups is 1. The molecule has 0 fully saturated rings. The SMILES string of the molecule is Cc1ccc2oc3c(=O)n(CCC(=O)NCc4cccc(C(F)(F)F)c4)cnc3c2c1. The van der Waals surface area contributed by atoms with Crippen LogP contribution >= 0.6 is 0 Å². The second-order valence-corrected chi connectivity index (χ2v) is 7.25. The number of aryl methyl sites for hydroxylation is 2. The van der Waals surface area contributed by atoms with Gasteiger partial charge in [-0.05, 0) is 36.8 Å². The molecule has 9 heteroatoms. The summed E-state index contributed by atoms with van der Waals surface area (Å²) in [5.41, 5.74) is 1.32. The molecular weight excluding hydrogens is 411 g/mol. The molecule has 2 aromatic carbocycles. The van der Waals surface area contributed by atoms with Crippen LogP contribution in [0, 0.1) is 6.92 Å². The zero-order valence-electron chi connectivity index (χ0n) is 16.5. The van der Waals surface area contributed by atoms with Gasteiger partial charge < -0.3 is 9.73 Å². The van der Waals surface area contributed by atoms with Gasteiger partial charge in [-0.2, -0.15) is 13.2 Å². The minimum absolute atomic E-state index is 0.0363. The van der Waals surface area contributed by atoms with E-state index in [1.165, 1.54) is 23.0 Å². The zero-order chi connectivity index (χ0) is 22.2. The van der Waals surface area contributed by atoms with Gasteiger partial charge >= 0.3 is 6.18 Å². The summed E-state index contributed by atoms with van der Waals surface area (Å²) in [7, 11) is 0. The summed E-state index contributed by atoms with van der Waals surface area (Å²) in [6, 6.07) is 10.3. The van der Waals surface area contributed by atoms with Crippen LogP contribution in [0.3, 0.4) is 0 Å². The van der Waals surface area contributed by atoms with Crippen molar-refractivity contribution in [3.8, 4) is 0 Å². The number of halogens is 3. The first-order valence-corrected chi connectivity index (χ1v) is 9.53. The summed E-state index contributed by atoms with van der Waals surface area (Å²) in [5, 5.41) is 3.31. The van der Waals surface area contributed by atoms with E-state index in [4.69, 9.17) is 4.42 Å². The highest BCUT2D eigenvalue weighted by Crippen LogP contribution is 2.29. The molecule has 1 N–H and O–H groups in total. The molecule has 0 aliphatic carbocycles. The number of nitrogens with one attached hydrogen (secondary N) is 1. The number of amides is 1. The fourth-order valence-corrected chi connectivity index (χ4v) is 3.31. The van der Waals surface area contributed by atoms with Gasteiger partial charge in [0.25, 0.3) is 5.56 Å². The molecule has 0 aliphatic heterocycles. The number of hydrogen-bond donors (Lipinski definition) is 1. The Hall–Kier alpha value is -3.62. The van der Waals surface area contributed by atoms with Crippen LogP contribution in [0.15, 0.2) is 58.0 Å².